The molecular weight excluding hydrogens is 280 g/mol. The van der Waals surface area contributed by atoms with Gasteiger partial charge in [0.2, 0.25) is 5.89 Å². The summed E-state index contributed by atoms with van der Waals surface area (Å²) in [5.41, 5.74) is 0.613. The number of carboxylic acids is 1. The molecule has 7 heteroatoms. The summed E-state index contributed by atoms with van der Waals surface area (Å²) in [5.74, 6) is -0.708. The summed E-state index contributed by atoms with van der Waals surface area (Å²) in [7, 11) is 0. The molecule has 0 saturated heterocycles. The molecule has 0 atom stereocenters. The number of furan rings is 1. The average Bonchev–Trinajstić information content (AvgIpc) is 2.83. The Bertz CT molecular complexity index is 543. The van der Waals surface area contributed by atoms with E-state index in [1.165, 1.54) is 12.3 Å². The van der Waals surface area contributed by atoms with Crippen LogP contribution < -0.4 is 0 Å². The molecule has 0 saturated carbocycles. The smallest absolute Gasteiger partial charge is 0.328 e. The molecule has 0 bridgehead atoms. The molecule has 0 aromatic carbocycles. The second kappa shape index (κ2) is 4.31. The standard InChI is InChI=1S/C9H5BrN2O4/c10-8-5(3-4-15-8)9-12-11-6(16-9)1-2-7(13)14/h1-4H,(H,13,14)/b2-1+. The topological polar surface area (TPSA) is 89.4 Å². The number of carboxylic acid groups (broad SMARTS) is 1. The monoisotopic (exact) mass is 284 g/mol. The summed E-state index contributed by atoms with van der Waals surface area (Å²) in [4.78, 5) is 10.3. The van der Waals surface area contributed by atoms with Crippen LogP contribution in [-0.4, -0.2) is 21.3 Å². The number of aliphatic carboxylic acids is 1. The Morgan fingerprint density at radius 1 is 1.50 bits per heavy atom. The molecule has 0 radical (unpaired) electrons. The summed E-state index contributed by atoms with van der Waals surface area (Å²) < 4.78 is 10.7. The first-order valence-electron chi connectivity index (χ1n) is 4.14. The predicted octanol–water partition coefficient (Wildman–Crippen LogP) is 2.19. The van der Waals surface area contributed by atoms with Gasteiger partial charge in [-0.15, -0.1) is 10.2 Å². The van der Waals surface area contributed by atoms with E-state index in [4.69, 9.17) is 13.9 Å². The molecule has 0 aliphatic rings. The van der Waals surface area contributed by atoms with E-state index in [-0.39, 0.29) is 11.8 Å². The Morgan fingerprint density at radius 2 is 2.31 bits per heavy atom. The van der Waals surface area contributed by atoms with Crippen LogP contribution in [0, 0.1) is 0 Å². The van der Waals surface area contributed by atoms with Crippen molar-refractivity contribution in [3.8, 4) is 11.5 Å². The Balaban J connectivity index is 2.27. The Morgan fingerprint density at radius 3 is 2.94 bits per heavy atom. The number of hydrogen-bond acceptors (Lipinski definition) is 5. The first-order valence-corrected chi connectivity index (χ1v) is 4.94. The van der Waals surface area contributed by atoms with Gasteiger partial charge in [-0.1, -0.05) is 0 Å². The fourth-order valence-corrected chi connectivity index (χ4v) is 1.41. The fraction of sp³-hybridized carbons (Fsp3) is 0. The van der Waals surface area contributed by atoms with Gasteiger partial charge < -0.3 is 13.9 Å². The molecule has 0 fully saturated rings. The van der Waals surface area contributed by atoms with Crippen LogP contribution >= 0.6 is 15.9 Å². The lowest BCUT2D eigenvalue weighted by molar-refractivity contribution is -0.131. The number of hydrogen-bond donors (Lipinski definition) is 1. The molecular formula is C9H5BrN2O4. The number of nitrogens with zero attached hydrogens (tertiary/aromatic N) is 2. The van der Waals surface area contributed by atoms with E-state index in [0.717, 1.165) is 6.08 Å². The minimum atomic E-state index is -1.08. The molecule has 1 N–H and O–H groups in total. The molecule has 0 unspecified atom stereocenters. The minimum absolute atomic E-state index is 0.116. The molecule has 2 aromatic heterocycles. The minimum Gasteiger partial charge on any atom is -0.478 e. The zero-order valence-electron chi connectivity index (χ0n) is 7.75. The van der Waals surface area contributed by atoms with E-state index in [9.17, 15) is 4.79 Å². The summed E-state index contributed by atoms with van der Waals surface area (Å²) in [5, 5.41) is 15.8. The van der Waals surface area contributed by atoms with Gasteiger partial charge in [-0.25, -0.2) is 4.79 Å². The van der Waals surface area contributed by atoms with E-state index in [2.05, 4.69) is 26.1 Å². The lowest BCUT2D eigenvalue weighted by Crippen LogP contribution is -1.85. The molecule has 0 spiro atoms. The van der Waals surface area contributed by atoms with Crippen molar-refractivity contribution in [1.82, 2.24) is 10.2 Å². The quantitative estimate of drug-likeness (QED) is 0.869. The van der Waals surface area contributed by atoms with Crippen molar-refractivity contribution in [3.05, 3.63) is 29.0 Å². The Kier molecular flexibility index (Phi) is 2.86. The molecule has 0 aliphatic heterocycles. The Hall–Kier alpha value is -1.89. The third-order valence-corrected chi connectivity index (χ3v) is 2.27. The highest BCUT2D eigenvalue weighted by molar-refractivity contribution is 9.10. The molecule has 16 heavy (non-hydrogen) atoms. The first-order chi connectivity index (χ1) is 7.66. The largest absolute Gasteiger partial charge is 0.478 e. The maximum atomic E-state index is 10.3. The van der Waals surface area contributed by atoms with Gasteiger partial charge in [-0.05, 0) is 22.0 Å². The summed E-state index contributed by atoms with van der Waals surface area (Å²) in [6, 6.07) is 1.66. The SMILES string of the molecule is O=C(O)/C=C/c1nnc(-c2ccoc2Br)o1. The number of carbonyl (C=O) groups is 1. The summed E-state index contributed by atoms with van der Waals surface area (Å²) >= 11 is 3.17. The van der Waals surface area contributed by atoms with Crippen LogP contribution in [0.1, 0.15) is 5.89 Å². The Labute approximate surface area is 97.7 Å². The van der Waals surface area contributed by atoms with Gasteiger partial charge in [0.15, 0.2) is 4.67 Å². The lowest BCUT2D eigenvalue weighted by atomic mass is 10.3. The highest BCUT2D eigenvalue weighted by Gasteiger charge is 2.12. The van der Waals surface area contributed by atoms with Gasteiger partial charge >= 0.3 is 5.97 Å². The highest BCUT2D eigenvalue weighted by atomic mass is 79.9. The molecule has 0 aliphatic carbocycles. The maximum Gasteiger partial charge on any atom is 0.328 e. The van der Waals surface area contributed by atoms with Crippen molar-refractivity contribution >= 4 is 28.0 Å². The van der Waals surface area contributed by atoms with Crippen molar-refractivity contribution < 1.29 is 18.7 Å². The lowest BCUT2D eigenvalue weighted by Gasteiger charge is -1.86. The average molecular weight is 285 g/mol. The van der Waals surface area contributed by atoms with Crippen LogP contribution in [0.3, 0.4) is 0 Å². The van der Waals surface area contributed by atoms with Crippen LogP contribution in [-0.2, 0) is 4.79 Å². The van der Waals surface area contributed by atoms with E-state index < -0.39 is 5.97 Å². The van der Waals surface area contributed by atoms with Crippen molar-refractivity contribution in [2.45, 2.75) is 0 Å². The highest BCUT2D eigenvalue weighted by Crippen LogP contribution is 2.28. The number of rotatable bonds is 3. The summed E-state index contributed by atoms with van der Waals surface area (Å²) in [6.07, 6.45) is 3.60. The normalized spacial score (nSPS) is 11.1. The second-order valence-corrected chi connectivity index (χ2v) is 3.45. The molecule has 0 amide bonds. The van der Waals surface area contributed by atoms with Crippen LogP contribution in [0.15, 0.2) is 31.9 Å². The van der Waals surface area contributed by atoms with E-state index in [0.29, 0.717) is 10.2 Å². The van der Waals surface area contributed by atoms with Gasteiger partial charge in [0.1, 0.15) is 0 Å². The zero-order valence-corrected chi connectivity index (χ0v) is 9.34. The number of halogens is 1. The van der Waals surface area contributed by atoms with Gasteiger partial charge in [-0.2, -0.15) is 0 Å². The van der Waals surface area contributed by atoms with Crippen LogP contribution in [0.5, 0.6) is 0 Å². The third-order valence-electron chi connectivity index (χ3n) is 1.66. The van der Waals surface area contributed by atoms with Crippen LogP contribution in [0.4, 0.5) is 0 Å². The van der Waals surface area contributed by atoms with Gasteiger partial charge in [0.25, 0.3) is 5.89 Å². The molecule has 82 valence electrons. The molecule has 6 nitrogen and oxygen atoms in total. The predicted molar refractivity (Wildman–Crippen MR) is 56.4 cm³/mol. The van der Waals surface area contributed by atoms with Crippen molar-refractivity contribution in [3.63, 3.8) is 0 Å². The zero-order chi connectivity index (χ0) is 11.5. The molecule has 2 aromatic rings. The van der Waals surface area contributed by atoms with Gasteiger partial charge in [0, 0.05) is 12.2 Å². The van der Waals surface area contributed by atoms with Crippen molar-refractivity contribution in [2.75, 3.05) is 0 Å². The number of aromatic nitrogens is 2. The first kappa shape index (κ1) is 10.6. The van der Waals surface area contributed by atoms with Gasteiger partial charge in [0.05, 0.1) is 11.8 Å². The second-order valence-electron chi connectivity index (χ2n) is 2.73. The molecule has 2 heterocycles. The van der Waals surface area contributed by atoms with Crippen molar-refractivity contribution in [2.24, 2.45) is 0 Å². The van der Waals surface area contributed by atoms with Gasteiger partial charge in [-0.3, -0.25) is 0 Å². The fourth-order valence-electron chi connectivity index (χ4n) is 1.000. The summed E-state index contributed by atoms with van der Waals surface area (Å²) in [6.45, 7) is 0. The third kappa shape index (κ3) is 2.19. The van der Waals surface area contributed by atoms with E-state index >= 15 is 0 Å². The maximum absolute atomic E-state index is 10.3. The van der Waals surface area contributed by atoms with E-state index in [1.54, 1.807) is 6.07 Å². The van der Waals surface area contributed by atoms with Crippen LogP contribution in [0.25, 0.3) is 17.5 Å². The van der Waals surface area contributed by atoms with E-state index in [1.807, 2.05) is 0 Å². The van der Waals surface area contributed by atoms with Crippen molar-refractivity contribution in [1.29, 1.82) is 0 Å². The molecule has 2 rings (SSSR count). The van der Waals surface area contributed by atoms with Crippen LogP contribution in [0.2, 0.25) is 0 Å².